The van der Waals surface area contributed by atoms with Crippen LogP contribution in [0, 0.1) is 11.3 Å². The Kier molecular flexibility index (Phi) is 1.97. The van der Waals surface area contributed by atoms with Crippen molar-refractivity contribution in [3.05, 3.63) is 29.8 Å². The summed E-state index contributed by atoms with van der Waals surface area (Å²) < 4.78 is 0. The van der Waals surface area contributed by atoms with Gasteiger partial charge in [0.2, 0.25) is 5.91 Å². The summed E-state index contributed by atoms with van der Waals surface area (Å²) in [4.78, 5) is 13.3. The number of carbonyl (C=O) groups is 1. The Bertz CT molecular complexity index is 420. The molecule has 1 amide bonds. The highest BCUT2D eigenvalue weighted by molar-refractivity contribution is 6.04. The molecule has 0 aliphatic carbocycles. The highest BCUT2D eigenvalue weighted by Gasteiger charge is 2.34. The van der Waals surface area contributed by atoms with E-state index in [-0.39, 0.29) is 18.2 Å². The van der Waals surface area contributed by atoms with Gasteiger partial charge in [-0.15, -0.1) is 0 Å². The topological polar surface area (TPSA) is 44.1 Å². The van der Waals surface area contributed by atoms with Crippen LogP contribution in [0.15, 0.2) is 24.3 Å². The molecule has 3 heteroatoms. The average Bonchev–Trinajstić information content (AvgIpc) is 2.45. The Morgan fingerprint density at radius 1 is 1.50 bits per heavy atom. The van der Waals surface area contributed by atoms with Crippen LogP contribution in [0.2, 0.25) is 0 Å². The first-order chi connectivity index (χ1) is 6.75. The summed E-state index contributed by atoms with van der Waals surface area (Å²) in [6.45, 7) is 0. The lowest BCUT2D eigenvalue weighted by Crippen LogP contribution is -2.23. The summed E-state index contributed by atoms with van der Waals surface area (Å²) in [7, 11) is 1.75. The highest BCUT2D eigenvalue weighted by atomic mass is 16.2. The molecule has 70 valence electrons. The number of anilines is 1. The molecule has 14 heavy (non-hydrogen) atoms. The maximum Gasteiger partial charge on any atom is 0.235 e. The fourth-order valence-corrected chi connectivity index (χ4v) is 1.86. The van der Waals surface area contributed by atoms with E-state index in [0.717, 1.165) is 11.3 Å². The summed E-state index contributed by atoms with van der Waals surface area (Å²) in [5.74, 6) is -0.242. The molecule has 2 rings (SSSR count). The van der Waals surface area contributed by atoms with Crippen LogP contribution < -0.4 is 4.90 Å². The van der Waals surface area contributed by atoms with Gasteiger partial charge in [-0.1, -0.05) is 18.2 Å². The second-order valence-corrected chi connectivity index (χ2v) is 3.37. The molecule has 0 saturated carbocycles. The number of hydrogen-bond donors (Lipinski definition) is 0. The Hall–Kier alpha value is -1.82. The van der Waals surface area contributed by atoms with Gasteiger partial charge in [0.1, 0.15) is 0 Å². The van der Waals surface area contributed by atoms with Crippen molar-refractivity contribution in [2.75, 3.05) is 11.9 Å². The first kappa shape index (κ1) is 8.76. The maximum atomic E-state index is 11.7. The van der Waals surface area contributed by atoms with Crippen molar-refractivity contribution in [1.82, 2.24) is 0 Å². The molecule has 0 saturated heterocycles. The van der Waals surface area contributed by atoms with Crippen LogP contribution in [0.1, 0.15) is 17.9 Å². The standard InChI is InChI=1S/C11H10N2O/c1-13-10-5-3-2-4-8(10)9(6-7-12)11(13)14/h2-5,9H,6H2,1H3. The SMILES string of the molecule is CN1C(=O)C(CC#N)c2ccccc21. The fraction of sp³-hybridized carbons (Fsp3) is 0.273. The number of carbonyl (C=O) groups excluding carboxylic acids is 1. The summed E-state index contributed by atoms with van der Waals surface area (Å²) in [6.07, 6.45) is 0.264. The zero-order chi connectivity index (χ0) is 10.1. The van der Waals surface area contributed by atoms with Gasteiger partial charge in [-0.3, -0.25) is 4.79 Å². The van der Waals surface area contributed by atoms with Gasteiger partial charge in [0, 0.05) is 12.7 Å². The molecule has 0 aromatic heterocycles. The summed E-state index contributed by atoms with van der Waals surface area (Å²) in [5, 5.41) is 8.64. The molecule has 0 radical (unpaired) electrons. The third-order valence-corrected chi connectivity index (χ3v) is 2.60. The van der Waals surface area contributed by atoms with Crippen molar-refractivity contribution in [2.45, 2.75) is 12.3 Å². The van der Waals surface area contributed by atoms with E-state index in [0.29, 0.717) is 0 Å². The zero-order valence-corrected chi connectivity index (χ0v) is 7.90. The van der Waals surface area contributed by atoms with Crippen LogP contribution in [-0.4, -0.2) is 13.0 Å². The number of rotatable bonds is 1. The first-order valence-electron chi connectivity index (χ1n) is 4.49. The quantitative estimate of drug-likeness (QED) is 0.669. The molecular formula is C11H10N2O. The normalized spacial score (nSPS) is 19.3. The van der Waals surface area contributed by atoms with Gasteiger partial charge in [-0.25, -0.2) is 0 Å². The number of fused-ring (bicyclic) bond motifs is 1. The molecule has 1 atom stereocenters. The molecule has 0 fully saturated rings. The summed E-state index contributed by atoms with van der Waals surface area (Å²) >= 11 is 0. The van der Waals surface area contributed by atoms with Gasteiger partial charge in [-0.05, 0) is 11.6 Å². The van der Waals surface area contributed by atoms with Gasteiger partial charge in [-0.2, -0.15) is 5.26 Å². The lowest BCUT2D eigenvalue weighted by atomic mass is 9.98. The summed E-state index contributed by atoms with van der Waals surface area (Å²) in [5.41, 5.74) is 1.90. The van der Waals surface area contributed by atoms with E-state index in [9.17, 15) is 4.79 Å². The van der Waals surface area contributed by atoms with Crippen molar-refractivity contribution in [2.24, 2.45) is 0 Å². The van der Waals surface area contributed by atoms with Crippen LogP contribution in [0.4, 0.5) is 5.69 Å². The van der Waals surface area contributed by atoms with Gasteiger partial charge in [0.15, 0.2) is 0 Å². The van der Waals surface area contributed by atoms with Crippen LogP contribution in [0.5, 0.6) is 0 Å². The number of nitriles is 1. The highest BCUT2D eigenvalue weighted by Crippen LogP contribution is 2.37. The predicted octanol–water partition coefficient (Wildman–Crippen LogP) is 1.66. The van der Waals surface area contributed by atoms with Gasteiger partial charge in [0.05, 0.1) is 18.4 Å². The minimum Gasteiger partial charge on any atom is -0.315 e. The monoisotopic (exact) mass is 186 g/mol. The van der Waals surface area contributed by atoms with E-state index in [1.807, 2.05) is 24.3 Å². The summed E-state index contributed by atoms with van der Waals surface area (Å²) in [6, 6.07) is 9.68. The van der Waals surface area contributed by atoms with Crippen LogP contribution in [0.3, 0.4) is 0 Å². The molecule has 1 heterocycles. The largest absolute Gasteiger partial charge is 0.315 e. The van der Waals surface area contributed by atoms with E-state index < -0.39 is 0 Å². The van der Waals surface area contributed by atoms with E-state index in [1.165, 1.54) is 0 Å². The Morgan fingerprint density at radius 3 is 2.93 bits per heavy atom. The number of benzene rings is 1. The maximum absolute atomic E-state index is 11.7. The molecule has 0 bridgehead atoms. The van der Waals surface area contributed by atoms with Crippen LogP contribution >= 0.6 is 0 Å². The van der Waals surface area contributed by atoms with E-state index >= 15 is 0 Å². The zero-order valence-electron chi connectivity index (χ0n) is 7.90. The second kappa shape index (κ2) is 3.15. The van der Waals surface area contributed by atoms with Crippen molar-refractivity contribution in [3.63, 3.8) is 0 Å². The molecule has 1 aromatic rings. The van der Waals surface area contributed by atoms with E-state index in [1.54, 1.807) is 11.9 Å². The third kappa shape index (κ3) is 1.08. The Balaban J connectivity index is 2.49. The van der Waals surface area contributed by atoms with Gasteiger partial charge >= 0.3 is 0 Å². The van der Waals surface area contributed by atoms with Crippen LogP contribution in [-0.2, 0) is 4.79 Å². The molecule has 1 unspecified atom stereocenters. The van der Waals surface area contributed by atoms with Crippen molar-refractivity contribution >= 4 is 11.6 Å². The molecular weight excluding hydrogens is 176 g/mol. The van der Waals surface area contributed by atoms with Gasteiger partial charge in [0.25, 0.3) is 0 Å². The molecule has 1 aliphatic rings. The lowest BCUT2D eigenvalue weighted by molar-refractivity contribution is -0.118. The fourth-order valence-electron chi connectivity index (χ4n) is 1.86. The minimum atomic E-state index is -0.263. The number of para-hydroxylation sites is 1. The molecule has 1 aromatic carbocycles. The third-order valence-electron chi connectivity index (χ3n) is 2.60. The number of hydrogen-bond acceptors (Lipinski definition) is 2. The van der Waals surface area contributed by atoms with Crippen molar-refractivity contribution in [3.8, 4) is 6.07 Å². The van der Waals surface area contributed by atoms with E-state index in [4.69, 9.17) is 5.26 Å². The molecule has 3 nitrogen and oxygen atoms in total. The minimum absolute atomic E-state index is 0.0211. The van der Waals surface area contributed by atoms with Crippen molar-refractivity contribution in [1.29, 1.82) is 5.26 Å². The molecule has 0 spiro atoms. The number of likely N-dealkylation sites (N-methyl/N-ethyl adjacent to an activating group) is 1. The Morgan fingerprint density at radius 2 is 2.21 bits per heavy atom. The second-order valence-electron chi connectivity index (χ2n) is 3.37. The molecule has 0 N–H and O–H groups in total. The van der Waals surface area contributed by atoms with Gasteiger partial charge < -0.3 is 4.90 Å². The number of amides is 1. The van der Waals surface area contributed by atoms with E-state index in [2.05, 4.69) is 6.07 Å². The van der Waals surface area contributed by atoms with Crippen molar-refractivity contribution < 1.29 is 4.79 Å². The Labute approximate surface area is 82.6 Å². The lowest BCUT2D eigenvalue weighted by Gasteiger charge is -2.09. The smallest absolute Gasteiger partial charge is 0.235 e. The van der Waals surface area contributed by atoms with Crippen LogP contribution in [0.25, 0.3) is 0 Å². The average molecular weight is 186 g/mol. The molecule has 1 aliphatic heterocycles. The predicted molar refractivity (Wildman–Crippen MR) is 52.8 cm³/mol. The first-order valence-corrected chi connectivity index (χ1v) is 4.49. The number of nitrogens with zero attached hydrogens (tertiary/aromatic N) is 2.